The van der Waals surface area contributed by atoms with Crippen molar-refractivity contribution in [1.29, 1.82) is 0 Å². The van der Waals surface area contributed by atoms with Crippen LogP contribution in [0.5, 0.6) is 0 Å². The smallest absolute Gasteiger partial charge is 1.00 e. The molecule has 6 nitrogen and oxygen atoms in total. The van der Waals surface area contributed by atoms with Gasteiger partial charge in [-0.05, 0) is 0 Å². The third kappa shape index (κ3) is 9.97. The van der Waals surface area contributed by atoms with Gasteiger partial charge in [0.15, 0.2) is 0 Å². The first-order valence-corrected chi connectivity index (χ1v) is 2.22. The quantitative estimate of drug-likeness (QED) is 0.516. The zero-order valence-electron chi connectivity index (χ0n) is 9.09. The summed E-state index contributed by atoms with van der Waals surface area (Å²) in [6.07, 6.45) is -5.24. The Bertz CT molecular complexity index is 155. The van der Waals surface area contributed by atoms with Crippen molar-refractivity contribution in [2.24, 2.45) is 0 Å². The molecule has 0 aliphatic rings. The maximum Gasteiger partial charge on any atom is 3.00 e. The van der Waals surface area contributed by atoms with E-state index in [4.69, 9.17) is 5.11 Å². The van der Waals surface area contributed by atoms with Crippen LogP contribution < -0.4 is 74.4 Å². The Morgan fingerprint density at radius 2 is 1.46 bits per heavy atom. The molecule has 0 rings (SSSR count). The summed E-state index contributed by atoms with van der Waals surface area (Å²) in [5.41, 5.74) is 0. The molecule has 9 heteroatoms. The van der Waals surface area contributed by atoms with Crippen molar-refractivity contribution in [3.05, 3.63) is 0 Å². The molecule has 0 fully saturated rings. The molecule has 13 heavy (non-hydrogen) atoms. The van der Waals surface area contributed by atoms with Crippen molar-refractivity contribution in [1.82, 2.24) is 0 Å². The third-order valence-corrected chi connectivity index (χ3v) is 0.761. The molecule has 0 bridgehead atoms. The molecule has 1 N–H and O–H groups in total. The van der Waals surface area contributed by atoms with E-state index in [-0.39, 0.29) is 86.4 Å². The Morgan fingerprint density at radius 3 is 1.54 bits per heavy atom. The summed E-state index contributed by atoms with van der Waals surface area (Å²) in [5.74, 6) is -4.29. The van der Waals surface area contributed by atoms with Gasteiger partial charge >= 0.3 is 83.5 Å². The van der Waals surface area contributed by atoms with Gasteiger partial charge in [-0.2, -0.15) is 0 Å². The first kappa shape index (κ1) is 24.1. The Hall–Kier alpha value is 1.68. The van der Waals surface area contributed by atoms with Crippen LogP contribution in [0.2, 0.25) is 0 Å². The van der Waals surface area contributed by atoms with Crippen LogP contribution in [0.4, 0.5) is 0 Å². The predicted molar refractivity (Wildman–Crippen MR) is 27.8 cm³/mol. The van der Waals surface area contributed by atoms with E-state index in [9.17, 15) is 24.9 Å². The van der Waals surface area contributed by atoms with Gasteiger partial charge in [-0.1, -0.05) is 6.10 Å². The molecule has 0 saturated carbocycles. The van der Waals surface area contributed by atoms with Gasteiger partial charge in [0.25, 0.3) is 0 Å². The van der Waals surface area contributed by atoms with Crippen LogP contribution in [0.1, 0.15) is 2.85 Å². The van der Waals surface area contributed by atoms with Gasteiger partial charge in [-0.3, -0.25) is 0 Å². The molecule has 0 amide bonds. The van der Waals surface area contributed by atoms with E-state index in [0.717, 1.165) is 0 Å². The van der Waals surface area contributed by atoms with E-state index < -0.39 is 24.1 Å². The number of hydrogen-bond acceptors (Lipinski definition) is 6. The number of aliphatic hydroxyl groups excluding tert-OH is 1. The van der Waals surface area contributed by atoms with Gasteiger partial charge < -0.3 is 32.9 Å². The molecule has 0 saturated heterocycles. The van der Waals surface area contributed by atoms with Gasteiger partial charge in [-0.15, -0.1) is 0 Å². The molecule has 0 aliphatic carbocycles. The fourth-order valence-corrected chi connectivity index (χ4v) is 0.252. The fourth-order valence-electron chi connectivity index (χ4n) is 0.252. The minimum Gasteiger partial charge on any atom is -1.00 e. The van der Waals surface area contributed by atoms with E-state index in [1.807, 2.05) is 0 Å². The van der Waals surface area contributed by atoms with E-state index in [2.05, 4.69) is 0 Å². The second-order valence-electron chi connectivity index (χ2n) is 1.50. The number of carbonyl (C=O) groups is 2. The van der Waals surface area contributed by atoms with Crippen LogP contribution in [0.15, 0.2) is 0 Å². The second-order valence-corrected chi connectivity index (χ2v) is 1.50. The summed E-state index contributed by atoms with van der Waals surface area (Å²) in [5, 5.41) is 37.4. The molecule has 0 aliphatic heterocycles. The number of hydrogen-bond donors (Lipinski definition) is 1. The van der Waals surface area contributed by atoms with Crippen molar-refractivity contribution in [2.45, 2.75) is 12.2 Å². The topological polar surface area (TPSA) is 124 Å². The van der Waals surface area contributed by atoms with E-state index in [1.54, 1.807) is 0 Å². The van der Waals surface area contributed by atoms with Gasteiger partial charge in [0.05, 0.1) is 12.1 Å². The van der Waals surface area contributed by atoms with Gasteiger partial charge in [0.1, 0.15) is 0 Å². The number of carboxylic acids is 2. The summed E-state index contributed by atoms with van der Waals surface area (Å²) < 4.78 is 0. The molecule has 0 spiro atoms. The molecule has 2 radical (unpaired) electrons. The van der Waals surface area contributed by atoms with Crippen molar-refractivity contribution >= 4 is 36.4 Å². The molecule has 0 aromatic rings. The van der Waals surface area contributed by atoms with Crippen molar-refractivity contribution < 1.29 is 92.0 Å². The van der Waals surface area contributed by atoms with Gasteiger partial charge in [-0.25, -0.2) is 0 Å². The molecule has 0 heterocycles. The molecule has 2 unspecified atom stereocenters. The van der Waals surface area contributed by atoms with E-state index in [0.29, 0.717) is 0 Å². The average molecular weight is 317 g/mol. The Labute approximate surface area is 139 Å². The molecular weight excluding hydrogens is 312 g/mol. The number of carbonyl (C=O) groups excluding carboxylic acids is 2. The fraction of sp³-hybridized carbons (Fsp3) is 0.500. The number of aliphatic carboxylic acids is 2. The first-order chi connectivity index (χ1) is 4.46. The number of aliphatic hydroxyl groups is 1. The first-order valence-electron chi connectivity index (χ1n) is 2.22. The van der Waals surface area contributed by atoms with Crippen molar-refractivity contribution in [3.8, 4) is 0 Å². The van der Waals surface area contributed by atoms with Gasteiger partial charge in [0.2, 0.25) is 0 Å². The SMILES string of the molecule is O=C([O-])C([O-])C(O)C(=O)[O-].[H-].[H-].[Na+].[Na+].[Sb+3]. The van der Waals surface area contributed by atoms with E-state index in [1.165, 1.54) is 0 Å². The monoisotopic (exact) mass is 316 g/mol. The summed E-state index contributed by atoms with van der Waals surface area (Å²) in [7, 11) is 0. The van der Waals surface area contributed by atoms with Crippen LogP contribution in [0.3, 0.4) is 0 Å². The maximum absolute atomic E-state index is 10.0. The molecular formula is C4H5Na2O6Sb. The van der Waals surface area contributed by atoms with Crippen LogP contribution >= 0.6 is 0 Å². The third-order valence-electron chi connectivity index (χ3n) is 0.761. The van der Waals surface area contributed by atoms with Crippen molar-refractivity contribution in [2.75, 3.05) is 0 Å². The Kier molecular flexibility index (Phi) is 21.8. The zero-order valence-corrected chi connectivity index (χ0v) is 13.6. The summed E-state index contributed by atoms with van der Waals surface area (Å²) in [6.45, 7) is 0. The maximum atomic E-state index is 10.0. The number of rotatable bonds is 3. The minimum absolute atomic E-state index is 0. The van der Waals surface area contributed by atoms with Crippen molar-refractivity contribution in [3.63, 3.8) is 0 Å². The van der Waals surface area contributed by atoms with Crippen LogP contribution in [-0.4, -0.2) is 53.7 Å². The van der Waals surface area contributed by atoms with Gasteiger partial charge in [0, 0.05) is 5.97 Å². The summed E-state index contributed by atoms with van der Waals surface area (Å²) in [4.78, 5) is 19.2. The number of carboxylic acid groups (broad SMARTS) is 2. The molecule has 2 atom stereocenters. The van der Waals surface area contributed by atoms with Crippen LogP contribution in [0, 0.1) is 0 Å². The molecule has 0 aromatic heterocycles. The largest absolute Gasteiger partial charge is 3.00 e. The van der Waals surface area contributed by atoms with E-state index >= 15 is 0 Å². The average Bonchev–Trinajstić information content (AvgIpc) is 1.84. The standard InChI is InChI=1S/C4H5O6.2Na.Sb.2H/c5-1(3(7)8)2(6)4(9)10;;;;;/h1-2,5H,(H,7,8)(H,9,10);;;;;/q-1;2*+1;+3;2*-1/p-2. The zero-order chi connectivity index (χ0) is 8.31. The molecule has 64 valence electrons. The van der Waals surface area contributed by atoms with Crippen LogP contribution in [-0.2, 0) is 9.59 Å². The summed E-state index contributed by atoms with van der Waals surface area (Å²) in [6, 6.07) is 0. The second kappa shape index (κ2) is 11.8. The minimum atomic E-state index is -2.69. The normalized spacial score (nSPS) is 12.2. The van der Waals surface area contributed by atoms with Crippen LogP contribution in [0.25, 0.3) is 0 Å². The summed E-state index contributed by atoms with van der Waals surface area (Å²) >= 11 is 0. The molecule has 0 aromatic carbocycles. The predicted octanol–water partition coefficient (Wildman–Crippen LogP) is -11.6. The Balaban J connectivity index is -0.0000000405. The Morgan fingerprint density at radius 1 is 1.15 bits per heavy atom.